The van der Waals surface area contributed by atoms with Crippen LogP contribution in [0, 0.1) is 6.92 Å². The lowest BCUT2D eigenvalue weighted by Gasteiger charge is -2.26. The maximum Gasteiger partial charge on any atom is 0.303 e. The van der Waals surface area contributed by atoms with Gasteiger partial charge in [0.15, 0.2) is 5.13 Å². The molecule has 1 aliphatic rings. The fourth-order valence-electron chi connectivity index (χ4n) is 3.37. The van der Waals surface area contributed by atoms with Crippen LogP contribution in [0.5, 0.6) is 0 Å². The average molecular weight is 475 g/mol. The number of piperazine rings is 1. The third kappa shape index (κ3) is 5.57. The Balaban J connectivity index is 1.71. The molecule has 0 radical (unpaired) electrons. The van der Waals surface area contributed by atoms with Crippen LogP contribution in [0.3, 0.4) is 0 Å². The number of halogens is 2. The Labute approximate surface area is 193 Å². The molecule has 4 heterocycles. The number of anilines is 4. The number of rotatable bonds is 6. The van der Waals surface area contributed by atoms with Gasteiger partial charge < -0.3 is 20.9 Å². The number of thiazole rings is 1. The summed E-state index contributed by atoms with van der Waals surface area (Å²) in [4.78, 5) is 30.6. The standard InChI is InChI=1S/C21H24F2N8OS/c1-12-8-18(30-19(26-12)21(3,22)23)28-15-9-17(27-13(2)32)25-10-14(15)16-11-33-20(29-16)31-6-4-24-5-7-31/h8-11,24H,4-7H2,1-3H3,(H2,25,26,27,28,30,32). The summed E-state index contributed by atoms with van der Waals surface area (Å²) >= 11 is 1.53. The molecule has 3 aromatic rings. The van der Waals surface area contributed by atoms with Gasteiger partial charge in [-0.25, -0.2) is 19.9 Å². The third-order valence-electron chi connectivity index (χ3n) is 4.87. The molecule has 1 fully saturated rings. The zero-order chi connectivity index (χ0) is 23.6. The quantitative estimate of drug-likeness (QED) is 0.498. The number of hydrogen-bond acceptors (Lipinski definition) is 9. The second-order valence-electron chi connectivity index (χ2n) is 7.78. The zero-order valence-electron chi connectivity index (χ0n) is 18.4. The summed E-state index contributed by atoms with van der Waals surface area (Å²) < 4.78 is 27.7. The van der Waals surface area contributed by atoms with Gasteiger partial charge in [-0.05, 0) is 6.92 Å². The molecule has 1 saturated heterocycles. The van der Waals surface area contributed by atoms with E-state index >= 15 is 0 Å². The van der Waals surface area contributed by atoms with E-state index in [0.29, 0.717) is 28.5 Å². The second kappa shape index (κ2) is 9.32. The van der Waals surface area contributed by atoms with Crippen molar-refractivity contribution in [2.24, 2.45) is 0 Å². The minimum atomic E-state index is -3.18. The summed E-state index contributed by atoms with van der Waals surface area (Å²) in [7, 11) is 0. The number of hydrogen-bond donors (Lipinski definition) is 3. The molecule has 174 valence electrons. The van der Waals surface area contributed by atoms with Crippen LogP contribution in [-0.2, 0) is 10.7 Å². The molecule has 33 heavy (non-hydrogen) atoms. The van der Waals surface area contributed by atoms with E-state index in [2.05, 4.69) is 35.8 Å². The molecule has 3 aromatic heterocycles. The Morgan fingerprint density at radius 3 is 2.64 bits per heavy atom. The predicted molar refractivity (Wildman–Crippen MR) is 124 cm³/mol. The minimum absolute atomic E-state index is 0.206. The molecule has 4 rings (SSSR count). The maximum atomic E-state index is 13.9. The SMILES string of the molecule is CC(=O)Nc1cc(Nc2cc(C)nc(C(C)(F)F)n2)c(-c2csc(N3CCNCC3)n2)cn1. The third-order valence-corrected chi connectivity index (χ3v) is 5.77. The number of nitrogens with one attached hydrogen (secondary N) is 3. The van der Waals surface area contributed by atoms with Gasteiger partial charge in [-0.2, -0.15) is 8.78 Å². The van der Waals surface area contributed by atoms with Crippen molar-refractivity contribution in [3.8, 4) is 11.3 Å². The van der Waals surface area contributed by atoms with Crippen molar-refractivity contribution in [3.63, 3.8) is 0 Å². The highest BCUT2D eigenvalue weighted by Crippen LogP contribution is 2.35. The summed E-state index contributed by atoms with van der Waals surface area (Å²) in [6.45, 7) is 7.28. The van der Waals surface area contributed by atoms with Crippen LogP contribution in [0.15, 0.2) is 23.7 Å². The largest absolute Gasteiger partial charge is 0.346 e. The van der Waals surface area contributed by atoms with E-state index in [-0.39, 0.29) is 11.7 Å². The first-order valence-corrected chi connectivity index (χ1v) is 11.3. The Bertz CT molecular complexity index is 1160. The monoisotopic (exact) mass is 474 g/mol. The fraction of sp³-hybridized carbons (Fsp3) is 0.381. The molecule has 1 amide bonds. The van der Waals surface area contributed by atoms with E-state index in [4.69, 9.17) is 4.98 Å². The van der Waals surface area contributed by atoms with E-state index in [1.165, 1.54) is 18.3 Å². The fourth-order valence-corrected chi connectivity index (χ4v) is 4.25. The molecule has 0 spiro atoms. The van der Waals surface area contributed by atoms with Crippen molar-refractivity contribution in [2.45, 2.75) is 26.7 Å². The van der Waals surface area contributed by atoms with Crippen molar-refractivity contribution < 1.29 is 13.6 Å². The number of pyridine rings is 1. The molecule has 0 aromatic carbocycles. The van der Waals surface area contributed by atoms with Crippen molar-refractivity contribution in [2.75, 3.05) is 41.7 Å². The summed E-state index contributed by atoms with van der Waals surface area (Å²) in [6, 6.07) is 3.20. The lowest BCUT2D eigenvalue weighted by molar-refractivity contribution is -0.114. The van der Waals surface area contributed by atoms with Gasteiger partial charge in [0.1, 0.15) is 11.6 Å². The lowest BCUT2D eigenvalue weighted by Crippen LogP contribution is -2.43. The van der Waals surface area contributed by atoms with Crippen molar-refractivity contribution in [1.82, 2.24) is 25.3 Å². The number of nitrogens with zero attached hydrogens (tertiary/aromatic N) is 5. The van der Waals surface area contributed by atoms with E-state index in [1.54, 1.807) is 25.3 Å². The molecule has 0 aliphatic carbocycles. The molecule has 12 heteroatoms. The van der Waals surface area contributed by atoms with Crippen LogP contribution in [0.2, 0.25) is 0 Å². The zero-order valence-corrected chi connectivity index (χ0v) is 19.3. The van der Waals surface area contributed by atoms with Gasteiger partial charge in [0.05, 0.1) is 11.4 Å². The highest BCUT2D eigenvalue weighted by molar-refractivity contribution is 7.14. The smallest absolute Gasteiger partial charge is 0.303 e. The molecule has 0 unspecified atom stereocenters. The van der Waals surface area contributed by atoms with E-state index in [1.807, 2.05) is 5.38 Å². The van der Waals surface area contributed by atoms with E-state index in [0.717, 1.165) is 38.2 Å². The van der Waals surface area contributed by atoms with Crippen LogP contribution < -0.4 is 20.9 Å². The first-order valence-electron chi connectivity index (χ1n) is 10.4. The Morgan fingerprint density at radius 1 is 1.18 bits per heavy atom. The van der Waals surface area contributed by atoms with Crippen molar-refractivity contribution in [3.05, 3.63) is 35.2 Å². The molecular weight excluding hydrogens is 450 g/mol. The van der Waals surface area contributed by atoms with Gasteiger partial charge in [0, 0.05) is 75.0 Å². The average Bonchev–Trinajstić information content (AvgIpc) is 3.23. The summed E-state index contributed by atoms with van der Waals surface area (Å²) in [6.07, 6.45) is 1.59. The highest BCUT2D eigenvalue weighted by atomic mass is 32.1. The molecule has 9 nitrogen and oxygen atoms in total. The molecule has 1 aliphatic heterocycles. The van der Waals surface area contributed by atoms with Crippen LogP contribution in [0.4, 0.5) is 31.2 Å². The second-order valence-corrected chi connectivity index (χ2v) is 8.62. The normalized spacial score (nSPS) is 14.3. The first-order chi connectivity index (χ1) is 15.7. The van der Waals surface area contributed by atoms with Gasteiger partial charge in [-0.3, -0.25) is 4.79 Å². The number of carbonyl (C=O) groups is 1. The molecule has 0 atom stereocenters. The first kappa shape index (κ1) is 22.9. The van der Waals surface area contributed by atoms with Crippen molar-refractivity contribution in [1.29, 1.82) is 0 Å². The number of aryl methyl sites for hydroxylation is 1. The molecular formula is C21H24F2N8OS. The topological polar surface area (TPSA) is 108 Å². The molecule has 0 bridgehead atoms. The number of carbonyl (C=O) groups excluding carboxylic acids is 1. The Kier molecular flexibility index (Phi) is 6.47. The lowest BCUT2D eigenvalue weighted by atomic mass is 10.1. The summed E-state index contributed by atoms with van der Waals surface area (Å²) in [5.41, 5.74) is 2.26. The minimum Gasteiger partial charge on any atom is -0.346 e. The number of alkyl halides is 2. The number of aromatic nitrogens is 4. The maximum absolute atomic E-state index is 13.9. The summed E-state index contributed by atoms with van der Waals surface area (Å²) in [5.74, 6) is -3.51. The van der Waals surface area contributed by atoms with Gasteiger partial charge in [0.25, 0.3) is 0 Å². The van der Waals surface area contributed by atoms with E-state index < -0.39 is 11.7 Å². The highest BCUT2D eigenvalue weighted by Gasteiger charge is 2.29. The van der Waals surface area contributed by atoms with Gasteiger partial charge in [-0.1, -0.05) is 0 Å². The van der Waals surface area contributed by atoms with Gasteiger partial charge >= 0.3 is 5.92 Å². The Morgan fingerprint density at radius 2 is 1.94 bits per heavy atom. The Hall–Kier alpha value is -3.25. The molecule has 0 saturated carbocycles. The van der Waals surface area contributed by atoms with Crippen LogP contribution in [0.1, 0.15) is 25.4 Å². The number of amides is 1. The van der Waals surface area contributed by atoms with Crippen LogP contribution in [0.25, 0.3) is 11.3 Å². The predicted octanol–water partition coefficient (Wildman–Crippen LogP) is 3.53. The summed E-state index contributed by atoms with van der Waals surface area (Å²) in [5, 5.41) is 11.9. The molecule has 3 N–H and O–H groups in total. The van der Waals surface area contributed by atoms with Crippen molar-refractivity contribution >= 4 is 39.7 Å². The van der Waals surface area contributed by atoms with Crippen LogP contribution in [-0.4, -0.2) is 52.0 Å². The van der Waals surface area contributed by atoms with Gasteiger partial charge in [0.2, 0.25) is 11.7 Å². The van der Waals surface area contributed by atoms with Crippen LogP contribution >= 0.6 is 11.3 Å². The van der Waals surface area contributed by atoms with Gasteiger partial charge in [-0.15, -0.1) is 11.3 Å². The van der Waals surface area contributed by atoms with E-state index in [9.17, 15) is 13.6 Å².